The molecule has 0 aliphatic rings. The summed E-state index contributed by atoms with van der Waals surface area (Å²) >= 11 is 0. The highest BCUT2D eigenvalue weighted by Gasteiger charge is 2.07. The first-order valence-corrected chi connectivity index (χ1v) is 4.02. The monoisotopic (exact) mass is 202 g/mol. The lowest BCUT2D eigenvalue weighted by Gasteiger charge is -2.10. The number of carbonyl (C=O) groups is 1. The van der Waals surface area contributed by atoms with E-state index in [1.54, 1.807) is 0 Å². The molecule has 1 heterocycles. The second-order valence-corrected chi connectivity index (χ2v) is 2.67. The van der Waals surface area contributed by atoms with Crippen LogP contribution in [0.3, 0.4) is 0 Å². The number of nitrogens with zero attached hydrogens (tertiary/aromatic N) is 2. The summed E-state index contributed by atoms with van der Waals surface area (Å²) in [6.07, 6.45) is 0.766. The molecule has 0 aliphatic heterocycles. The molecule has 0 saturated heterocycles. The summed E-state index contributed by atoms with van der Waals surface area (Å²) in [4.78, 5) is 20.9. The Morgan fingerprint density at radius 1 is 1.64 bits per heavy atom. The number of hydrogen-bond donors (Lipinski definition) is 1. The fourth-order valence-corrected chi connectivity index (χ4v) is 0.856. The van der Waals surface area contributed by atoms with Crippen molar-refractivity contribution in [2.45, 2.75) is 19.8 Å². The van der Waals surface area contributed by atoms with Gasteiger partial charge in [0.1, 0.15) is 0 Å². The third-order valence-corrected chi connectivity index (χ3v) is 1.55. The van der Waals surface area contributed by atoms with E-state index in [-0.39, 0.29) is 12.4 Å². The van der Waals surface area contributed by atoms with Crippen LogP contribution in [0.2, 0.25) is 0 Å². The van der Waals surface area contributed by atoms with Crippen molar-refractivity contribution >= 4 is 5.91 Å². The SMILES string of the molecule is CC(=O)N(O)CCCc1noc(=O)o1. The summed E-state index contributed by atoms with van der Waals surface area (Å²) in [6, 6.07) is 0. The first-order chi connectivity index (χ1) is 6.59. The van der Waals surface area contributed by atoms with Crippen LogP contribution in [0, 0.1) is 0 Å². The molecule has 78 valence electrons. The van der Waals surface area contributed by atoms with Crippen LogP contribution in [-0.4, -0.2) is 27.9 Å². The van der Waals surface area contributed by atoms with Crippen LogP contribution < -0.4 is 5.82 Å². The Morgan fingerprint density at radius 2 is 2.36 bits per heavy atom. The largest absolute Gasteiger partial charge is 0.542 e. The van der Waals surface area contributed by atoms with E-state index in [4.69, 9.17) is 5.21 Å². The van der Waals surface area contributed by atoms with Crippen molar-refractivity contribution < 1.29 is 18.9 Å². The molecule has 7 nitrogen and oxygen atoms in total. The quantitative estimate of drug-likeness (QED) is 0.536. The van der Waals surface area contributed by atoms with E-state index in [2.05, 4.69) is 14.1 Å². The van der Waals surface area contributed by atoms with Crippen molar-refractivity contribution in [3.63, 3.8) is 0 Å². The number of carbonyl (C=O) groups excluding carboxylic acids is 1. The molecule has 0 radical (unpaired) electrons. The van der Waals surface area contributed by atoms with Gasteiger partial charge in [-0.15, -0.1) is 0 Å². The van der Waals surface area contributed by atoms with Gasteiger partial charge < -0.3 is 4.42 Å². The van der Waals surface area contributed by atoms with Crippen molar-refractivity contribution in [1.29, 1.82) is 0 Å². The standard InChI is InChI=1S/C7H10N2O5/c1-5(10)9(12)4-2-3-6-8-14-7(11)13-6/h12H,2-4H2,1H3. The van der Waals surface area contributed by atoms with Gasteiger partial charge in [0.2, 0.25) is 11.8 Å². The van der Waals surface area contributed by atoms with Crippen LogP contribution in [0.15, 0.2) is 13.7 Å². The zero-order valence-corrected chi connectivity index (χ0v) is 7.60. The van der Waals surface area contributed by atoms with Crippen LogP contribution in [-0.2, 0) is 11.2 Å². The maximum Gasteiger partial charge on any atom is 0.542 e. The molecule has 0 aromatic carbocycles. The van der Waals surface area contributed by atoms with Crippen LogP contribution in [0.25, 0.3) is 0 Å². The van der Waals surface area contributed by atoms with E-state index in [9.17, 15) is 9.59 Å². The summed E-state index contributed by atoms with van der Waals surface area (Å²) in [5.74, 6) is -1.13. The number of aromatic nitrogens is 1. The minimum Gasteiger partial charge on any atom is -0.375 e. The van der Waals surface area contributed by atoms with Gasteiger partial charge in [-0.2, -0.15) is 0 Å². The Morgan fingerprint density at radius 3 is 2.86 bits per heavy atom. The number of amides is 1. The van der Waals surface area contributed by atoms with Crippen LogP contribution >= 0.6 is 0 Å². The van der Waals surface area contributed by atoms with Crippen molar-refractivity contribution in [2.24, 2.45) is 0 Å². The van der Waals surface area contributed by atoms with Crippen molar-refractivity contribution in [3.8, 4) is 0 Å². The van der Waals surface area contributed by atoms with Gasteiger partial charge >= 0.3 is 5.82 Å². The molecule has 0 spiro atoms. The molecule has 1 aromatic heterocycles. The first kappa shape index (κ1) is 10.5. The van der Waals surface area contributed by atoms with E-state index >= 15 is 0 Å². The predicted molar refractivity (Wildman–Crippen MR) is 42.5 cm³/mol. The van der Waals surface area contributed by atoms with Crippen molar-refractivity contribution in [2.75, 3.05) is 6.54 Å². The zero-order chi connectivity index (χ0) is 10.6. The maximum absolute atomic E-state index is 10.6. The van der Waals surface area contributed by atoms with E-state index in [1.165, 1.54) is 6.92 Å². The van der Waals surface area contributed by atoms with Crippen LogP contribution in [0.4, 0.5) is 0 Å². The highest BCUT2D eigenvalue weighted by molar-refractivity contribution is 5.71. The maximum atomic E-state index is 10.6. The van der Waals surface area contributed by atoms with Gasteiger partial charge in [0.25, 0.3) is 0 Å². The van der Waals surface area contributed by atoms with Gasteiger partial charge in [0.15, 0.2) is 0 Å². The molecule has 1 aromatic rings. The minimum atomic E-state index is -0.854. The lowest BCUT2D eigenvalue weighted by atomic mass is 10.3. The Bertz CT molecular complexity index is 355. The average Bonchev–Trinajstić information content (AvgIpc) is 2.51. The third kappa shape index (κ3) is 3.02. The summed E-state index contributed by atoms with van der Waals surface area (Å²) in [7, 11) is 0. The summed E-state index contributed by atoms with van der Waals surface area (Å²) in [6.45, 7) is 1.40. The van der Waals surface area contributed by atoms with Crippen molar-refractivity contribution in [1.82, 2.24) is 10.2 Å². The molecular weight excluding hydrogens is 192 g/mol. The lowest BCUT2D eigenvalue weighted by molar-refractivity contribution is -0.162. The average molecular weight is 202 g/mol. The van der Waals surface area contributed by atoms with Gasteiger partial charge in [-0.3, -0.25) is 14.5 Å². The predicted octanol–water partition coefficient (Wildman–Crippen LogP) is -0.202. The molecule has 0 aliphatic carbocycles. The molecule has 0 fully saturated rings. The molecule has 1 rings (SSSR count). The highest BCUT2D eigenvalue weighted by atomic mass is 16.6. The van der Waals surface area contributed by atoms with E-state index < -0.39 is 11.7 Å². The summed E-state index contributed by atoms with van der Waals surface area (Å²) in [5, 5.41) is 12.9. The Hall–Kier alpha value is -1.63. The molecular formula is C7H10N2O5. The van der Waals surface area contributed by atoms with E-state index in [0.29, 0.717) is 17.9 Å². The lowest BCUT2D eigenvalue weighted by Crippen LogP contribution is -2.25. The summed E-state index contributed by atoms with van der Waals surface area (Å²) < 4.78 is 8.66. The molecule has 14 heavy (non-hydrogen) atoms. The second kappa shape index (κ2) is 4.56. The Labute approximate surface area is 78.9 Å². The third-order valence-electron chi connectivity index (χ3n) is 1.55. The fourth-order valence-electron chi connectivity index (χ4n) is 0.856. The molecule has 0 atom stereocenters. The summed E-state index contributed by atoms with van der Waals surface area (Å²) in [5.41, 5.74) is 0. The molecule has 1 amide bonds. The molecule has 7 heteroatoms. The van der Waals surface area contributed by atoms with E-state index in [1.807, 2.05) is 0 Å². The van der Waals surface area contributed by atoms with Crippen molar-refractivity contribution in [3.05, 3.63) is 16.5 Å². The minimum absolute atomic E-state index is 0.159. The number of rotatable bonds is 4. The molecule has 1 N–H and O–H groups in total. The number of hydrogen-bond acceptors (Lipinski definition) is 6. The second-order valence-electron chi connectivity index (χ2n) is 2.67. The number of aryl methyl sites for hydroxylation is 1. The fraction of sp³-hybridized carbons (Fsp3) is 0.571. The van der Waals surface area contributed by atoms with Crippen LogP contribution in [0.1, 0.15) is 19.2 Å². The van der Waals surface area contributed by atoms with Gasteiger partial charge in [0.05, 0.1) is 0 Å². The van der Waals surface area contributed by atoms with E-state index in [0.717, 1.165) is 0 Å². The van der Waals surface area contributed by atoms with Gasteiger partial charge in [0, 0.05) is 19.9 Å². The molecule has 0 bridgehead atoms. The van der Waals surface area contributed by atoms with Gasteiger partial charge in [-0.1, -0.05) is 0 Å². The first-order valence-electron chi connectivity index (χ1n) is 4.02. The highest BCUT2D eigenvalue weighted by Crippen LogP contribution is 1.97. The number of hydroxylamine groups is 2. The van der Waals surface area contributed by atoms with Gasteiger partial charge in [-0.25, -0.2) is 9.86 Å². The normalized spacial score (nSPS) is 10.1. The Kier molecular flexibility index (Phi) is 3.41. The smallest absolute Gasteiger partial charge is 0.375 e. The molecule has 0 saturated carbocycles. The zero-order valence-electron chi connectivity index (χ0n) is 7.60. The topological polar surface area (TPSA) is 96.8 Å². The molecule has 0 unspecified atom stereocenters. The van der Waals surface area contributed by atoms with Gasteiger partial charge in [-0.05, 0) is 11.6 Å². The van der Waals surface area contributed by atoms with Crippen LogP contribution in [0.5, 0.6) is 0 Å². The Balaban J connectivity index is 2.28.